The van der Waals surface area contributed by atoms with Crippen molar-refractivity contribution in [1.82, 2.24) is 9.80 Å². The predicted molar refractivity (Wildman–Crippen MR) is 134 cm³/mol. The van der Waals surface area contributed by atoms with Gasteiger partial charge < -0.3 is 14.9 Å². The van der Waals surface area contributed by atoms with Crippen LogP contribution < -0.4 is 4.74 Å². The molecule has 1 saturated carbocycles. The van der Waals surface area contributed by atoms with Gasteiger partial charge in [0, 0.05) is 12.0 Å². The first-order valence-electron chi connectivity index (χ1n) is 12.7. The van der Waals surface area contributed by atoms with E-state index >= 15 is 0 Å². The van der Waals surface area contributed by atoms with E-state index in [0.717, 1.165) is 42.7 Å². The number of hydrogen-bond acceptors (Lipinski definition) is 4. The van der Waals surface area contributed by atoms with Gasteiger partial charge in [-0.25, -0.2) is 9.59 Å². The van der Waals surface area contributed by atoms with E-state index in [4.69, 9.17) is 4.74 Å². The second-order valence-corrected chi connectivity index (χ2v) is 10.6. The van der Waals surface area contributed by atoms with Crippen molar-refractivity contribution in [3.8, 4) is 5.75 Å². The van der Waals surface area contributed by atoms with E-state index < -0.39 is 35.9 Å². The van der Waals surface area contributed by atoms with Gasteiger partial charge in [-0.1, -0.05) is 30.3 Å². The van der Waals surface area contributed by atoms with Crippen LogP contribution in [0.25, 0.3) is 0 Å². The molecule has 1 amide bonds. The normalized spacial score (nSPS) is 25.9. The molecule has 2 N–H and O–H groups in total. The lowest BCUT2D eigenvalue weighted by Gasteiger charge is -2.45. The Kier molecular flexibility index (Phi) is 7.92. The van der Waals surface area contributed by atoms with Crippen molar-refractivity contribution in [3.63, 3.8) is 0 Å². The highest BCUT2D eigenvalue weighted by Crippen LogP contribution is 2.44. The second kappa shape index (κ2) is 10.8. The summed E-state index contributed by atoms with van der Waals surface area (Å²) in [6.45, 7) is -0.230. The average molecular weight is 535 g/mol. The Bertz CT molecular complexity index is 1120. The largest absolute Gasteiger partial charge is 0.488 e. The third-order valence-electron chi connectivity index (χ3n) is 8.01. The lowest BCUT2D eigenvalue weighted by molar-refractivity contribution is -0.141. The summed E-state index contributed by atoms with van der Waals surface area (Å²) in [7, 11) is 4.13. The van der Waals surface area contributed by atoms with Gasteiger partial charge in [0.05, 0.1) is 12.1 Å². The van der Waals surface area contributed by atoms with Crippen LogP contribution in [0.15, 0.2) is 48.5 Å². The Balaban J connectivity index is 1.50. The lowest BCUT2D eigenvalue weighted by Crippen LogP contribution is -2.44. The molecule has 38 heavy (non-hydrogen) atoms. The van der Waals surface area contributed by atoms with E-state index in [0.29, 0.717) is 12.0 Å². The summed E-state index contributed by atoms with van der Waals surface area (Å²) in [5.41, 5.74) is 0.791. The molecule has 0 radical (unpaired) electrons. The quantitative estimate of drug-likeness (QED) is 0.489. The number of benzene rings is 2. The van der Waals surface area contributed by atoms with Crippen molar-refractivity contribution < 1.29 is 37.7 Å². The standard InChI is InChI=1S/C28H33F3N2O5/c1-32(2)27(20-6-4-3-5-7-20)10-8-18(9-11-27)12-19-13-21(28(29,30)31)15-22(14-19)38-23-16-24(25(34)35)33(17-23)26(36)37/h3-7,13-15,18,23-24H,8-12,16-17H2,1-2H3,(H,34,35)(H,36,37)/t18?,23-,24-,27?/m0/s1. The van der Waals surface area contributed by atoms with E-state index in [2.05, 4.69) is 31.1 Å². The van der Waals surface area contributed by atoms with Crippen molar-refractivity contribution in [3.05, 3.63) is 65.2 Å². The molecule has 4 rings (SSSR count). The van der Waals surface area contributed by atoms with Crippen LogP contribution in [0.1, 0.15) is 48.8 Å². The summed E-state index contributed by atoms with van der Waals surface area (Å²) >= 11 is 0. The number of hydrogen-bond donors (Lipinski definition) is 2. The first kappa shape index (κ1) is 27.8. The highest BCUT2D eigenvalue weighted by Gasteiger charge is 2.42. The fourth-order valence-corrected chi connectivity index (χ4v) is 5.97. The van der Waals surface area contributed by atoms with Crippen LogP contribution in [0.3, 0.4) is 0 Å². The summed E-state index contributed by atoms with van der Waals surface area (Å²) in [5.74, 6) is -1.14. The lowest BCUT2D eigenvalue weighted by atomic mass is 9.70. The molecule has 1 heterocycles. The predicted octanol–water partition coefficient (Wildman–Crippen LogP) is 5.48. The minimum absolute atomic E-state index is 0.0288. The Morgan fingerprint density at radius 2 is 1.74 bits per heavy atom. The molecule has 1 aliphatic heterocycles. The monoisotopic (exact) mass is 534 g/mol. The molecule has 2 aromatic rings. The number of carboxylic acid groups (broad SMARTS) is 2. The average Bonchev–Trinajstić information content (AvgIpc) is 3.29. The maximum Gasteiger partial charge on any atom is 0.416 e. The van der Waals surface area contributed by atoms with Gasteiger partial charge in [-0.3, -0.25) is 9.80 Å². The summed E-state index contributed by atoms with van der Waals surface area (Å²) in [4.78, 5) is 25.8. The number of rotatable bonds is 7. The molecule has 2 atom stereocenters. The van der Waals surface area contributed by atoms with Gasteiger partial charge in [-0.05, 0) is 81.4 Å². The van der Waals surface area contributed by atoms with Gasteiger partial charge in [0.2, 0.25) is 0 Å². The van der Waals surface area contributed by atoms with Gasteiger partial charge in [-0.15, -0.1) is 0 Å². The fourth-order valence-electron chi connectivity index (χ4n) is 5.97. The van der Waals surface area contributed by atoms with Crippen LogP contribution in [0.5, 0.6) is 5.75 Å². The molecule has 0 unspecified atom stereocenters. The summed E-state index contributed by atoms with van der Waals surface area (Å²) < 4.78 is 46.9. The number of aliphatic carboxylic acids is 1. The van der Waals surface area contributed by atoms with Crippen molar-refractivity contribution in [2.75, 3.05) is 20.6 Å². The van der Waals surface area contributed by atoms with Crippen molar-refractivity contribution in [1.29, 1.82) is 0 Å². The molecule has 1 saturated heterocycles. The SMILES string of the molecule is CN(C)C1(c2ccccc2)CCC(Cc2cc(O[C@H]3C[C@@H](C(=O)O)N(C(=O)O)C3)cc(C(F)(F)F)c2)CC1. The number of alkyl halides is 3. The summed E-state index contributed by atoms with van der Waals surface area (Å²) in [5, 5.41) is 18.6. The molecule has 2 aromatic carbocycles. The topological polar surface area (TPSA) is 90.3 Å². The van der Waals surface area contributed by atoms with Gasteiger partial charge in [0.25, 0.3) is 0 Å². The van der Waals surface area contributed by atoms with Gasteiger partial charge in [0.15, 0.2) is 0 Å². The summed E-state index contributed by atoms with van der Waals surface area (Å²) in [6.07, 6.45) is -3.03. The Morgan fingerprint density at radius 3 is 2.26 bits per heavy atom. The molecule has 0 bridgehead atoms. The third kappa shape index (κ3) is 5.90. The molecular formula is C28H33F3N2O5. The van der Waals surface area contributed by atoms with E-state index in [-0.39, 0.29) is 30.2 Å². The molecule has 0 spiro atoms. The first-order chi connectivity index (χ1) is 17.9. The van der Waals surface area contributed by atoms with Crippen molar-refractivity contribution in [2.45, 2.75) is 62.4 Å². The number of ether oxygens (including phenoxy) is 1. The zero-order valence-corrected chi connectivity index (χ0v) is 21.4. The zero-order valence-electron chi connectivity index (χ0n) is 21.4. The molecule has 0 aromatic heterocycles. The minimum atomic E-state index is -4.58. The number of likely N-dealkylation sites (tertiary alicyclic amines) is 1. The van der Waals surface area contributed by atoms with E-state index in [1.165, 1.54) is 5.56 Å². The zero-order chi connectivity index (χ0) is 27.7. The number of halogens is 3. The Morgan fingerprint density at radius 1 is 1.08 bits per heavy atom. The van der Waals surface area contributed by atoms with Crippen molar-refractivity contribution >= 4 is 12.1 Å². The molecular weight excluding hydrogens is 501 g/mol. The second-order valence-electron chi connectivity index (χ2n) is 10.6. The van der Waals surface area contributed by atoms with Crippen LogP contribution in [-0.4, -0.2) is 64.9 Å². The van der Waals surface area contributed by atoms with Crippen LogP contribution >= 0.6 is 0 Å². The van der Waals surface area contributed by atoms with Crippen LogP contribution in [0.4, 0.5) is 18.0 Å². The van der Waals surface area contributed by atoms with E-state index in [1.807, 2.05) is 18.2 Å². The Hall–Kier alpha value is -3.27. The number of carbonyl (C=O) groups is 2. The molecule has 10 heteroatoms. The van der Waals surface area contributed by atoms with Crippen LogP contribution in [-0.2, 0) is 22.9 Å². The molecule has 2 aliphatic rings. The third-order valence-corrected chi connectivity index (χ3v) is 8.01. The fraction of sp³-hybridized carbons (Fsp3) is 0.500. The highest BCUT2D eigenvalue weighted by atomic mass is 19.4. The van der Waals surface area contributed by atoms with Crippen molar-refractivity contribution in [2.24, 2.45) is 5.92 Å². The Labute approximate surface area is 219 Å². The number of carboxylic acids is 1. The van der Waals surface area contributed by atoms with Crippen LogP contribution in [0, 0.1) is 5.92 Å². The van der Waals surface area contributed by atoms with Gasteiger partial charge in [0.1, 0.15) is 17.9 Å². The molecule has 2 fully saturated rings. The maximum atomic E-state index is 13.7. The van der Waals surface area contributed by atoms with Gasteiger partial charge >= 0.3 is 18.2 Å². The van der Waals surface area contributed by atoms with Gasteiger partial charge in [-0.2, -0.15) is 13.2 Å². The minimum Gasteiger partial charge on any atom is -0.488 e. The highest BCUT2D eigenvalue weighted by molar-refractivity contribution is 5.80. The van der Waals surface area contributed by atoms with E-state index in [9.17, 15) is 33.0 Å². The maximum absolute atomic E-state index is 13.7. The molecule has 7 nitrogen and oxygen atoms in total. The molecule has 1 aliphatic carbocycles. The smallest absolute Gasteiger partial charge is 0.416 e. The van der Waals surface area contributed by atoms with E-state index in [1.54, 1.807) is 6.07 Å². The first-order valence-corrected chi connectivity index (χ1v) is 12.7. The summed E-state index contributed by atoms with van der Waals surface area (Å²) in [6, 6.07) is 12.6. The molecule has 206 valence electrons. The number of amides is 1. The van der Waals surface area contributed by atoms with Crippen LogP contribution in [0.2, 0.25) is 0 Å². The number of nitrogens with zero attached hydrogens (tertiary/aromatic N) is 2.